The first-order valence-electron chi connectivity index (χ1n) is 4.36. The van der Waals surface area contributed by atoms with Crippen LogP contribution in [0.1, 0.15) is 27.7 Å². The lowest BCUT2D eigenvalue weighted by molar-refractivity contribution is -0.0781. The molecular formula is C9H20ClNO. The summed E-state index contributed by atoms with van der Waals surface area (Å²) in [5.74, 6) is 0.575. The number of hydrogen-bond acceptors (Lipinski definition) is 2. The molecule has 0 radical (unpaired) electrons. The third-order valence-electron chi connectivity index (χ3n) is 2.04. The Hall–Kier alpha value is 0.210. The molecule has 12 heavy (non-hydrogen) atoms. The van der Waals surface area contributed by atoms with Gasteiger partial charge in [-0.15, -0.1) is 12.4 Å². The Kier molecular flexibility index (Phi) is 4.53. The van der Waals surface area contributed by atoms with Crippen molar-refractivity contribution < 1.29 is 4.74 Å². The third kappa shape index (κ3) is 3.30. The van der Waals surface area contributed by atoms with Gasteiger partial charge < -0.3 is 4.74 Å². The van der Waals surface area contributed by atoms with Crippen molar-refractivity contribution in [1.82, 2.24) is 5.32 Å². The summed E-state index contributed by atoms with van der Waals surface area (Å²) < 4.78 is 5.64. The zero-order valence-corrected chi connectivity index (χ0v) is 9.20. The smallest absolute Gasteiger partial charge is 0.110 e. The summed E-state index contributed by atoms with van der Waals surface area (Å²) in [6, 6.07) is 0. The standard InChI is InChI=1S/C9H19NO.ClH/c1-7(2)8-10-5-9(3,4)6-11-8;/h7-8,10H,5-6H2,1-4H3;1H. The van der Waals surface area contributed by atoms with Crippen LogP contribution in [0.5, 0.6) is 0 Å². The van der Waals surface area contributed by atoms with Gasteiger partial charge in [0, 0.05) is 12.0 Å². The van der Waals surface area contributed by atoms with Crippen LogP contribution in [0.4, 0.5) is 0 Å². The van der Waals surface area contributed by atoms with Gasteiger partial charge in [0.1, 0.15) is 6.23 Å². The zero-order chi connectivity index (χ0) is 8.48. The van der Waals surface area contributed by atoms with E-state index < -0.39 is 0 Å². The second-order valence-electron chi connectivity index (χ2n) is 4.52. The number of rotatable bonds is 1. The largest absolute Gasteiger partial charge is 0.362 e. The van der Waals surface area contributed by atoms with E-state index in [-0.39, 0.29) is 18.6 Å². The van der Waals surface area contributed by atoms with Gasteiger partial charge in [0.05, 0.1) is 6.61 Å². The first kappa shape index (κ1) is 12.2. The highest BCUT2D eigenvalue weighted by Crippen LogP contribution is 2.21. The molecule has 0 saturated carbocycles. The lowest BCUT2D eigenvalue weighted by atomic mass is 9.93. The molecule has 1 unspecified atom stereocenters. The topological polar surface area (TPSA) is 21.3 Å². The van der Waals surface area contributed by atoms with Crippen LogP contribution in [0.3, 0.4) is 0 Å². The quantitative estimate of drug-likeness (QED) is 0.688. The van der Waals surface area contributed by atoms with Crippen LogP contribution in [0.25, 0.3) is 0 Å². The predicted molar refractivity (Wildman–Crippen MR) is 53.6 cm³/mol. The van der Waals surface area contributed by atoms with Gasteiger partial charge in [0.25, 0.3) is 0 Å². The normalized spacial score (nSPS) is 28.2. The van der Waals surface area contributed by atoms with E-state index in [0.717, 1.165) is 13.2 Å². The second kappa shape index (κ2) is 4.45. The Morgan fingerprint density at radius 3 is 2.33 bits per heavy atom. The molecule has 0 spiro atoms. The van der Waals surface area contributed by atoms with Crippen molar-refractivity contribution in [3.8, 4) is 0 Å². The van der Waals surface area contributed by atoms with Gasteiger partial charge in [0.15, 0.2) is 0 Å². The SMILES string of the molecule is CC(C)C1NCC(C)(C)CO1.Cl. The fourth-order valence-electron chi connectivity index (χ4n) is 1.23. The summed E-state index contributed by atoms with van der Waals surface area (Å²) in [6.45, 7) is 10.7. The van der Waals surface area contributed by atoms with Crippen LogP contribution in [0, 0.1) is 11.3 Å². The summed E-state index contributed by atoms with van der Waals surface area (Å²) in [5.41, 5.74) is 0.311. The molecule has 1 aliphatic rings. The molecule has 0 amide bonds. The van der Waals surface area contributed by atoms with Crippen LogP contribution in [-0.4, -0.2) is 19.4 Å². The van der Waals surface area contributed by atoms with Crippen molar-refractivity contribution in [3.05, 3.63) is 0 Å². The summed E-state index contributed by atoms with van der Waals surface area (Å²) in [4.78, 5) is 0. The maximum atomic E-state index is 5.64. The minimum atomic E-state index is 0. The maximum Gasteiger partial charge on any atom is 0.110 e. The van der Waals surface area contributed by atoms with E-state index in [4.69, 9.17) is 4.74 Å². The molecule has 1 heterocycles. The Balaban J connectivity index is 0.00000121. The summed E-state index contributed by atoms with van der Waals surface area (Å²) in [7, 11) is 0. The maximum absolute atomic E-state index is 5.64. The van der Waals surface area contributed by atoms with E-state index in [2.05, 4.69) is 33.0 Å². The zero-order valence-electron chi connectivity index (χ0n) is 8.39. The highest BCUT2D eigenvalue weighted by Gasteiger charge is 2.28. The molecule has 1 rings (SSSR count). The molecule has 0 aromatic heterocycles. The average Bonchev–Trinajstić information content (AvgIpc) is 1.86. The van der Waals surface area contributed by atoms with Crippen LogP contribution in [0.15, 0.2) is 0 Å². The Morgan fingerprint density at radius 1 is 1.42 bits per heavy atom. The molecule has 1 aliphatic heterocycles. The van der Waals surface area contributed by atoms with Gasteiger partial charge in [0.2, 0.25) is 0 Å². The second-order valence-corrected chi connectivity index (χ2v) is 4.52. The van der Waals surface area contributed by atoms with Crippen molar-refractivity contribution in [2.24, 2.45) is 11.3 Å². The monoisotopic (exact) mass is 193 g/mol. The van der Waals surface area contributed by atoms with Crippen LogP contribution < -0.4 is 5.32 Å². The van der Waals surface area contributed by atoms with E-state index >= 15 is 0 Å². The minimum Gasteiger partial charge on any atom is -0.362 e. The van der Waals surface area contributed by atoms with Gasteiger partial charge in [-0.2, -0.15) is 0 Å². The summed E-state index contributed by atoms with van der Waals surface area (Å²) in [5, 5.41) is 3.39. The van der Waals surface area contributed by atoms with Gasteiger partial charge in [-0.1, -0.05) is 27.7 Å². The highest BCUT2D eigenvalue weighted by molar-refractivity contribution is 5.85. The van der Waals surface area contributed by atoms with E-state index in [9.17, 15) is 0 Å². The fourth-order valence-corrected chi connectivity index (χ4v) is 1.23. The molecule has 1 N–H and O–H groups in total. The number of halogens is 1. The lowest BCUT2D eigenvalue weighted by Crippen LogP contribution is -2.49. The molecule has 0 aliphatic carbocycles. The molecular weight excluding hydrogens is 174 g/mol. The van der Waals surface area contributed by atoms with Crippen molar-refractivity contribution in [3.63, 3.8) is 0 Å². The van der Waals surface area contributed by atoms with Gasteiger partial charge in [-0.25, -0.2) is 0 Å². The molecule has 1 atom stereocenters. The highest BCUT2D eigenvalue weighted by atomic mass is 35.5. The van der Waals surface area contributed by atoms with Crippen molar-refractivity contribution in [2.75, 3.05) is 13.2 Å². The molecule has 1 saturated heterocycles. The first-order chi connectivity index (χ1) is 5.01. The van der Waals surface area contributed by atoms with E-state index in [1.807, 2.05) is 0 Å². The Labute approximate surface area is 81.5 Å². The molecule has 0 aromatic carbocycles. The van der Waals surface area contributed by atoms with Crippen LogP contribution in [-0.2, 0) is 4.74 Å². The van der Waals surface area contributed by atoms with Crippen molar-refractivity contribution in [2.45, 2.75) is 33.9 Å². The van der Waals surface area contributed by atoms with Crippen molar-refractivity contribution in [1.29, 1.82) is 0 Å². The first-order valence-corrected chi connectivity index (χ1v) is 4.36. The number of hydrogen-bond donors (Lipinski definition) is 1. The van der Waals surface area contributed by atoms with E-state index in [1.54, 1.807) is 0 Å². The third-order valence-corrected chi connectivity index (χ3v) is 2.04. The Morgan fingerprint density at radius 2 is 2.00 bits per heavy atom. The molecule has 2 nitrogen and oxygen atoms in total. The Bertz CT molecular complexity index is 126. The molecule has 0 aromatic rings. The van der Waals surface area contributed by atoms with E-state index in [1.165, 1.54) is 0 Å². The van der Waals surface area contributed by atoms with Crippen LogP contribution >= 0.6 is 12.4 Å². The molecule has 1 fully saturated rings. The predicted octanol–water partition coefficient (Wildman–Crippen LogP) is 2.04. The average molecular weight is 194 g/mol. The molecule has 3 heteroatoms. The lowest BCUT2D eigenvalue weighted by Gasteiger charge is -2.37. The number of nitrogens with one attached hydrogen (secondary N) is 1. The number of ether oxygens (including phenoxy) is 1. The summed E-state index contributed by atoms with van der Waals surface area (Å²) >= 11 is 0. The molecule has 0 bridgehead atoms. The van der Waals surface area contributed by atoms with E-state index in [0.29, 0.717) is 11.3 Å². The minimum absolute atomic E-state index is 0. The van der Waals surface area contributed by atoms with Gasteiger partial charge in [-0.3, -0.25) is 5.32 Å². The summed E-state index contributed by atoms with van der Waals surface area (Å²) in [6.07, 6.45) is 0.267. The van der Waals surface area contributed by atoms with Crippen LogP contribution in [0.2, 0.25) is 0 Å². The fraction of sp³-hybridized carbons (Fsp3) is 1.00. The molecule has 74 valence electrons. The van der Waals surface area contributed by atoms with Gasteiger partial charge >= 0.3 is 0 Å². The van der Waals surface area contributed by atoms with Crippen molar-refractivity contribution >= 4 is 12.4 Å². The van der Waals surface area contributed by atoms with Gasteiger partial charge in [-0.05, 0) is 5.92 Å².